The predicted octanol–water partition coefficient (Wildman–Crippen LogP) is 2.02. The van der Waals surface area contributed by atoms with Gasteiger partial charge in [0.2, 0.25) is 0 Å². The van der Waals surface area contributed by atoms with E-state index in [-0.39, 0.29) is 10.5 Å². The molecule has 1 aliphatic rings. The highest BCUT2D eigenvalue weighted by molar-refractivity contribution is 7.90. The Bertz CT molecular complexity index is 857. The van der Waals surface area contributed by atoms with Crippen LogP contribution in [0, 0.1) is 0 Å². The summed E-state index contributed by atoms with van der Waals surface area (Å²) in [4.78, 5) is 19.1. The van der Waals surface area contributed by atoms with Gasteiger partial charge in [-0.05, 0) is 36.6 Å². The van der Waals surface area contributed by atoms with Crippen molar-refractivity contribution >= 4 is 21.6 Å². The number of amides is 1. The highest BCUT2D eigenvalue weighted by Gasteiger charge is 2.18. The first-order valence-electron chi connectivity index (χ1n) is 8.22. The van der Waals surface area contributed by atoms with Gasteiger partial charge in [0.15, 0.2) is 9.84 Å². The minimum atomic E-state index is -3.46. The van der Waals surface area contributed by atoms with Crippen LogP contribution in [0.5, 0.6) is 0 Å². The van der Waals surface area contributed by atoms with E-state index in [9.17, 15) is 13.2 Å². The molecule has 1 aromatic carbocycles. The molecule has 25 heavy (non-hydrogen) atoms. The Balaban J connectivity index is 1.67. The van der Waals surface area contributed by atoms with E-state index >= 15 is 0 Å². The summed E-state index contributed by atoms with van der Waals surface area (Å²) < 4.78 is 23.6. The summed E-state index contributed by atoms with van der Waals surface area (Å²) in [5, 5.41) is 2.76. The van der Waals surface area contributed by atoms with E-state index < -0.39 is 15.7 Å². The number of hydrogen-bond acceptors (Lipinski definition) is 5. The predicted molar refractivity (Wildman–Crippen MR) is 96.4 cm³/mol. The molecule has 0 radical (unpaired) electrons. The molecule has 0 spiro atoms. The van der Waals surface area contributed by atoms with Gasteiger partial charge in [-0.1, -0.05) is 18.2 Å². The second-order valence-corrected chi connectivity index (χ2v) is 8.15. The van der Waals surface area contributed by atoms with Crippen molar-refractivity contribution in [3.63, 3.8) is 0 Å². The lowest BCUT2D eigenvalue weighted by molar-refractivity contribution is 0.0947. The Morgan fingerprint density at radius 2 is 1.88 bits per heavy atom. The average molecular weight is 359 g/mol. The lowest BCUT2D eigenvalue weighted by atomic mass is 10.2. The maximum absolute atomic E-state index is 12.4. The molecule has 6 nitrogen and oxygen atoms in total. The van der Waals surface area contributed by atoms with E-state index in [1.807, 2.05) is 12.1 Å². The number of nitrogens with zero attached hydrogens (tertiary/aromatic N) is 2. The normalized spacial score (nSPS) is 14.5. The van der Waals surface area contributed by atoms with Gasteiger partial charge in [-0.15, -0.1) is 0 Å². The van der Waals surface area contributed by atoms with Crippen molar-refractivity contribution in [3.05, 3.63) is 53.7 Å². The highest BCUT2D eigenvalue weighted by Crippen LogP contribution is 2.18. The van der Waals surface area contributed by atoms with E-state index in [2.05, 4.69) is 15.2 Å². The van der Waals surface area contributed by atoms with Gasteiger partial charge >= 0.3 is 0 Å². The van der Waals surface area contributed by atoms with Crippen molar-refractivity contribution in [1.29, 1.82) is 0 Å². The molecule has 7 heteroatoms. The summed E-state index contributed by atoms with van der Waals surface area (Å²) >= 11 is 0. The number of rotatable bonds is 5. The Labute approximate surface area is 147 Å². The fourth-order valence-electron chi connectivity index (χ4n) is 2.91. The van der Waals surface area contributed by atoms with E-state index in [0.29, 0.717) is 6.54 Å². The van der Waals surface area contributed by atoms with Gasteiger partial charge in [0.05, 0.1) is 10.5 Å². The number of anilines is 1. The number of carbonyl (C=O) groups excluding carboxylic acids is 1. The number of pyridine rings is 1. The Kier molecular flexibility index (Phi) is 5.03. The number of carbonyl (C=O) groups is 1. The van der Waals surface area contributed by atoms with Gasteiger partial charge < -0.3 is 10.2 Å². The zero-order valence-corrected chi connectivity index (χ0v) is 14.9. The topological polar surface area (TPSA) is 79.4 Å². The van der Waals surface area contributed by atoms with Crippen molar-refractivity contribution in [3.8, 4) is 0 Å². The summed E-state index contributed by atoms with van der Waals surface area (Å²) in [6, 6.07) is 10.1. The molecule has 0 atom stereocenters. The van der Waals surface area contributed by atoms with Crippen LogP contribution in [-0.4, -0.2) is 38.7 Å². The molecule has 0 aliphatic carbocycles. The lowest BCUT2D eigenvalue weighted by Crippen LogP contribution is -2.25. The summed E-state index contributed by atoms with van der Waals surface area (Å²) in [5.41, 5.74) is 1.03. The number of aromatic nitrogens is 1. The molecule has 132 valence electrons. The van der Waals surface area contributed by atoms with E-state index in [4.69, 9.17) is 0 Å². The summed E-state index contributed by atoms with van der Waals surface area (Å²) in [6.45, 7) is 2.36. The van der Waals surface area contributed by atoms with Crippen molar-refractivity contribution < 1.29 is 13.2 Å². The van der Waals surface area contributed by atoms with Gasteiger partial charge in [-0.25, -0.2) is 13.4 Å². The number of hydrogen-bond donors (Lipinski definition) is 1. The van der Waals surface area contributed by atoms with Crippen LogP contribution < -0.4 is 10.2 Å². The molecule has 3 rings (SSSR count). The van der Waals surface area contributed by atoms with Gasteiger partial charge in [-0.3, -0.25) is 4.79 Å². The summed E-state index contributed by atoms with van der Waals surface area (Å²) in [7, 11) is -3.46. The van der Waals surface area contributed by atoms with Crippen molar-refractivity contribution in [2.45, 2.75) is 24.3 Å². The monoisotopic (exact) mass is 359 g/mol. The van der Waals surface area contributed by atoms with Crippen molar-refractivity contribution in [2.75, 3.05) is 24.2 Å². The highest BCUT2D eigenvalue weighted by atomic mass is 32.2. The number of benzene rings is 1. The van der Waals surface area contributed by atoms with Crippen LogP contribution in [0.4, 0.5) is 5.82 Å². The zero-order valence-electron chi connectivity index (χ0n) is 14.1. The molecule has 1 aliphatic heterocycles. The molecule has 1 fully saturated rings. The lowest BCUT2D eigenvalue weighted by Gasteiger charge is -2.16. The van der Waals surface area contributed by atoms with Gasteiger partial charge in [-0.2, -0.15) is 0 Å². The minimum Gasteiger partial charge on any atom is -0.357 e. The molecular formula is C18H21N3O3S. The first-order valence-corrected chi connectivity index (χ1v) is 10.1. The number of sulfone groups is 1. The van der Waals surface area contributed by atoms with Gasteiger partial charge in [0, 0.05) is 32.1 Å². The maximum Gasteiger partial charge on any atom is 0.252 e. The molecule has 1 aromatic heterocycles. The van der Waals surface area contributed by atoms with Crippen LogP contribution in [0.15, 0.2) is 47.5 Å². The van der Waals surface area contributed by atoms with Crippen LogP contribution in [-0.2, 0) is 16.4 Å². The van der Waals surface area contributed by atoms with Crippen LogP contribution in [0.2, 0.25) is 0 Å². The summed E-state index contributed by atoms with van der Waals surface area (Å²) in [5.74, 6) is 0.541. The Hall–Kier alpha value is -2.41. The van der Waals surface area contributed by atoms with Crippen LogP contribution in [0.1, 0.15) is 28.8 Å². The largest absolute Gasteiger partial charge is 0.357 e. The third-order valence-electron chi connectivity index (χ3n) is 4.22. The first kappa shape index (κ1) is 17.4. The third kappa shape index (κ3) is 4.17. The smallest absolute Gasteiger partial charge is 0.252 e. The Morgan fingerprint density at radius 3 is 2.52 bits per heavy atom. The zero-order chi connectivity index (χ0) is 17.9. The average Bonchev–Trinajstić information content (AvgIpc) is 3.14. The first-order chi connectivity index (χ1) is 11.9. The van der Waals surface area contributed by atoms with Crippen LogP contribution in [0.25, 0.3) is 0 Å². The molecule has 0 saturated carbocycles. The van der Waals surface area contributed by atoms with Crippen LogP contribution in [0.3, 0.4) is 0 Å². The Morgan fingerprint density at radius 1 is 1.16 bits per heavy atom. The maximum atomic E-state index is 12.4. The molecule has 1 N–H and O–H groups in total. The van der Waals surface area contributed by atoms with Gasteiger partial charge in [0.1, 0.15) is 5.82 Å². The van der Waals surface area contributed by atoms with Crippen molar-refractivity contribution in [1.82, 2.24) is 10.3 Å². The molecule has 0 unspecified atom stereocenters. The fraction of sp³-hybridized carbons (Fsp3) is 0.333. The van der Waals surface area contributed by atoms with Gasteiger partial charge in [0.25, 0.3) is 5.91 Å². The number of nitrogens with one attached hydrogen (secondary N) is 1. The minimum absolute atomic E-state index is 0.0370. The quantitative estimate of drug-likeness (QED) is 0.883. The standard InChI is InChI=1S/C18H21N3O3S/c1-25(23,24)16-7-3-2-6-15(16)18(22)20-13-14-8-9-17(19-12-14)21-10-4-5-11-21/h2-3,6-9,12H,4-5,10-11,13H2,1H3,(H,20,22). The third-order valence-corrected chi connectivity index (χ3v) is 5.38. The SMILES string of the molecule is CS(=O)(=O)c1ccccc1C(=O)NCc1ccc(N2CCCC2)nc1. The van der Waals surface area contributed by atoms with Crippen LogP contribution >= 0.6 is 0 Å². The second kappa shape index (κ2) is 7.23. The van der Waals surface area contributed by atoms with Crippen molar-refractivity contribution in [2.24, 2.45) is 0 Å². The van der Waals surface area contributed by atoms with E-state index in [0.717, 1.165) is 30.7 Å². The molecule has 2 aromatic rings. The molecule has 1 saturated heterocycles. The second-order valence-electron chi connectivity index (χ2n) is 6.17. The fourth-order valence-corrected chi connectivity index (χ4v) is 3.80. The van der Waals surface area contributed by atoms with E-state index in [1.54, 1.807) is 18.3 Å². The summed E-state index contributed by atoms with van der Waals surface area (Å²) in [6.07, 6.45) is 5.23. The molecule has 1 amide bonds. The van der Waals surface area contributed by atoms with E-state index in [1.165, 1.54) is 25.0 Å². The molecule has 0 bridgehead atoms. The molecule has 2 heterocycles. The molecular weight excluding hydrogens is 338 g/mol.